The minimum absolute atomic E-state index is 0.249. The van der Waals surface area contributed by atoms with Crippen molar-refractivity contribution in [3.8, 4) is 0 Å². The van der Waals surface area contributed by atoms with E-state index in [1.165, 1.54) is 12.4 Å². The second-order valence-electron chi connectivity index (χ2n) is 4.98. The summed E-state index contributed by atoms with van der Waals surface area (Å²) < 4.78 is 1.76. The van der Waals surface area contributed by atoms with Crippen LogP contribution in [0.2, 0.25) is 0 Å². The van der Waals surface area contributed by atoms with Gasteiger partial charge < -0.3 is 10.4 Å². The van der Waals surface area contributed by atoms with Gasteiger partial charge in [0.25, 0.3) is 11.2 Å². The van der Waals surface area contributed by atoms with Gasteiger partial charge in [0.2, 0.25) is 0 Å². The Kier molecular flexibility index (Phi) is 4.66. The van der Waals surface area contributed by atoms with E-state index in [1.54, 1.807) is 24.5 Å². The van der Waals surface area contributed by atoms with Crippen molar-refractivity contribution >= 4 is 0 Å². The van der Waals surface area contributed by atoms with Crippen LogP contribution < -0.4 is 11.2 Å². The molecule has 8 nitrogen and oxygen atoms in total. The number of hydrogen-bond acceptors (Lipinski definition) is 6. The van der Waals surface area contributed by atoms with Crippen molar-refractivity contribution < 1.29 is 10.4 Å². The first-order valence-electron chi connectivity index (χ1n) is 7.27. The molecule has 0 saturated carbocycles. The molecule has 2 aromatic heterocycles. The lowest BCUT2D eigenvalue weighted by Gasteiger charge is -2.01. The number of nitrogens with zero attached hydrogens (tertiary/aromatic N) is 6. The number of rotatable bonds is 4. The van der Waals surface area contributed by atoms with E-state index < -0.39 is 0 Å². The second-order valence-corrected chi connectivity index (χ2v) is 4.98. The monoisotopic (exact) mass is 324 g/mol. The van der Waals surface area contributed by atoms with Crippen LogP contribution in [0.1, 0.15) is 11.1 Å². The zero-order valence-corrected chi connectivity index (χ0v) is 12.8. The van der Waals surface area contributed by atoms with E-state index >= 15 is 0 Å². The Morgan fingerprint density at radius 1 is 0.750 bits per heavy atom. The fourth-order valence-corrected chi connectivity index (χ4v) is 2.01. The van der Waals surface area contributed by atoms with Crippen LogP contribution in [0.5, 0.6) is 0 Å². The van der Waals surface area contributed by atoms with Gasteiger partial charge in [0, 0.05) is 24.8 Å². The van der Waals surface area contributed by atoms with E-state index in [9.17, 15) is 10.4 Å². The van der Waals surface area contributed by atoms with Crippen molar-refractivity contribution in [2.24, 2.45) is 9.98 Å². The van der Waals surface area contributed by atoms with Crippen molar-refractivity contribution in [2.45, 2.75) is 13.1 Å². The molecule has 1 aromatic carbocycles. The van der Waals surface area contributed by atoms with Crippen molar-refractivity contribution in [3.63, 3.8) is 0 Å². The summed E-state index contributed by atoms with van der Waals surface area (Å²) in [6.07, 6.45) is 6.09. The molecule has 0 saturated heterocycles. The number of hydrogen-bond donors (Lipinski definition) is 2. The van der Waals surface area contributed by atoms with E-state index in [0.29, 0.717) is 13.1 Å². The Bertz CT molecular complexity index is 865. The second kappa shape index (κ2) is 7.23. The molecule has 122 valence electrons. The van der Waals surface area contributed by atoms with Gasteiger partial charge in [-0.3, -0.25) is 0 Å². The zero-order chi connectivity index (χ0) is 16.8. The Labute approximate surface area is 137 Å². The van der Waals surface area contributed by atoms with Gasteiger partial charge in [-0.1, -0.05) is 24.3 Å². The van der Waals surface area contributed by atoms with Gasteiger partial charge in [-0.25, -0.2) is 20.0 Å². The van der Waals surface area contributed by atoms with Crippen LogP contribution in [0, 0.1) is 0 Å². The lowest BCUT2D eigenvalue weighted by Crippen LogP contribution is -2.21. The summed E-state index contributed by atoms with van der Waals surface area (Å²) in [5, 5.41) is 19.1. The van der Waals surface area contributed by atoms with Gasteiger partial charge in [-0.05, 0) is 23.3 Å². The molecular weight excluding hydrogens is 308 g/mol. The van der Waals surface area contributed by atoms with E-state index in [2.05, 4.69) is 20.0 Å². The fourth-order valence-electron chi connectivity index (χ4n) is 2.01. The highest BCUT2D eigenvalue weighted by Gasteiger charge is 1.96. The first-order chi connectivity index (χ1) is 11.7. The minimum atomic E-state index is 0.249. The highest BCUT2D eigenvalue weighted by molar-refractivity contribution is 5.22. The summed E-state index contributed by atoms with van der Waals surface area (Å²) in [5.74, 6) is 0. The van der Waals surface area contributed by atoms with E-state index in [-0.39, 0.29) is 11.2 Å². The normalized spacial score (nSPS) is 12.5. The predicted octanol–water partition coefficient (Wildman–Crippen LogP) is 0.756. The molecule has 0 amide bonds. The molecular formula is C16H16N6O2. The molecule has 0 spiro atoms. The van der Waals surface area contributed by atoms with Crippen LogP contribution in [-0.2, 0) is 13.1 Å². The van der Waals surface area contributed by atoms with Crippen LogP contribution >= 0.6 is 0 Å². The average molecular weight is 324 g/mol. The summed E-state index contributed by atoms with van der Waals surface area (Å²) >= 11 is 0. The summed E-state index contributed by atoms with van der Waals surface area (Å²) in [6, 6.07) is 11.0. The smallest absolute Gasteiger partial charge is 0.258 e. The van der Waals surface area contributed by atoms with Crippen LogP contribution in [0.15, 0.2) is 71.2 Å². The Balaban J connectivity index is 1.70. The summed E-state index contributed by atoms with van der Waals surface area (Å²) in [5.41, 5.74) is 2.47. The first-order valence-corrected chi connectivity index (χ1v) is 7.27. The van der Waals surface area contributed by atoms with Crippen LogP contribution in [0.4, 0.5) is 0 Å². The fraction of sp³-hybridized carbons (Fsp3) is 0.125. The minimum Gasteiger partial charge on any atom is -0.425 e. The summed E-state index contributed by atoms with van der Waals surface area (Å²) in [7, 11) is 0. The molecule has 0 radical (unpaired) electrons. The number of benzene rings is 1. The maximum Gasteiger partial charge on any atom is 0.258 e. The molecule has 0 unspecified atom stereocenters. The Hall–Kier alpha value is -3.42. The van der Waals surface area contributed by atoms with Crippen LogP contribution in [-0.4, -0.2) is 29.8 Å². The average Bonchev–Trinajstić information content (AvgIpc) is 2.61. The summed E-state index contributed by atoms with van der Waals surface area (Å²) in [4.78, 5) is 16.4. The molecule has 0 fully saturated rings. The molecule has 0 aliphatic heterocycles. The third kappa shape index (κ3) is 3.86. The maximum absolute atomic E-state index is 9.55. The molecule has 2 N–H and O–H groups in total. The molecule has 0 atom stereocenters. The van der Waals surface area contributed by atoms with Gasteiger partial charge in [0.1, 0.15) is 0 Å². The molecule has 0 bridgehead atoms. The Morgan fingerprint density at radius 3 is 1.54 bits per heavy atom. The van der Waals surface area contributed by atoms with E-state index in [4.69, 9.17) is 0 Å². The molecule has 0 aliphatic carbocycles. The van der Waals surface area contributed by atoms with Crippen molar-refractivity contribution in [1.82, 2.24) is 19.4 Å². The van der Waals surface area contributed by atoms with Crippen molar-refractivity contribution in [3.05, 3.63) is 83.5 Å². The van der Waals surface area contributed by atoms with Gasteiger partial charge in [-0.15, -0.1) is 0 Å². The molecule has 24 heavy (non-hydrogen) atoms. The van der Waals surface area contributed by atoms with Crippen LogP contribution in [0.3, 0.4) is 0 Å². The molecule has 3 aromatic rings. The lowest BCUT2D eigenvalue weighted by molar-refractivity contribution is 0.166. The van der Waals surface area contributed by atoms with Gasteiger partial charge in [-0.2, -0.15) is 9.46 Å². The molecule has 8 heteroatoms. The molecule has 0 aliphatic rings. The highest BCUT2D eigenvalue weighted by Crippen LogP contribution is 2.06. The predicted molar refractivity (Wildman–Crippen MR) is 83.8 cm³/mol. The molecule has 3 rings (SSSR count). The van der Waals surface area contributed by atoms with Crippen molar-refractivity contribution in [2.75, 3.05) is 0 Å². The standard InChI is InChI=1S/C16H16N6O2/c23-21-9-1-7-17-15(21)19-11-13-3-5-14(6-4-13)12-20-16-18-8-2-10-22(16)24/h1-10,23-24H,11-12H2. The largest absolute Gasteiger partial charge is 0.425 e. The third-order valence-corrected chi connectivity index (χ3v) is 3.25. The van der Waals surface area contributed by atoms with E-state index in [1.807, 2.05) is 24.3 Å². The Morgan fingerprint density at radius 2 is 1.17 bits per heavy atom. The zero-order valence-electron chi connectivity index (χ0n) is 12.8. The number of aromatic nitrogens is 4. The topological polar surface area (TPSA) is 101 Å². The van der Waals surface area contributed by atoms with Gasteiger partial charge >= 0.3 is 0 Å². The van der Waals surface area contributed by atoms with Gasteiger partial charge in [0.15, 0.2) is 0 Å². The third-order valence-electron chi connectivity index (χ3n) is 3.25. The maximum atomic E-state index is 9.55. The SMILES string of the molecule is On1cccnc1=NCc1ccc(CN=c2ncccn2O)cc1. The van der Waals surface area contributed by atoms with E-state index in [0.717, 1.165) is 20.6 Å². The van der Waals surface area contributed by atoms with Crippen molar-refractivity contribution in [1.29, 1.82) is 0 Å². The van der Waals surface area contributed by atoms with Crippen LogP contribution in [0.25, 0.3) is 0 Å². The quantitative estimate of drug-likeness (QED) is 0.692. The summed E-state index contributed by atoms with van der Waals surface area (Å²) in [6.45, 7) is 0.817. The molecule has 2 heterocycles. The lowest BCUT2D eigenvalue weighted by atomic mass is 10.1. The highest BCUT2D eigenvalue weighted by atomic mass is 16.5. The van der Waals surface area contributed by atoms with Gasteiger partial charge in [0.05, 0.1) is 13.1 Å². The first kappa shape index (κ1) is 15.5.